The van der Waals surface area contributed by atoms with E-state index in [-0.39, 0.29) is 5.41 Å². The quantitative estimate of drug-likeness (QED) is 0.175. The lowest BCUT2D eigenvalue weighted by Gasteiger charge is -2.34. The molecule has 0 unspecified atom stereocenters. The van der Waals surface area contributed by atoms with Crippen LogP contribution in [0.25, 0.3) is 68.1 Å². The molecule has 1 aliphatic rings. The topological polar surface area (TPSA) is 73.7 Å². The zero-order valence-electron chi connectivity index (χ0n) is 28.7. The molecule has 8 aromatic rings. The molecule has 0 amide bonds. The van der Waals surface area contributed by atoms with Crippen molar-refractivity contribution in [3.63, 3.8) is 0 Å². The Kier molecular flexibility index (Phi) is 7.70. The van der Waals surface area contributed by atoms with Gasteiger partial charge in [-0.25, -0.2) is 24.9 Å². The summed E-state index contributed by atoms with van der Waals surface area (Å²) in [4.78, 5) is 25.1. The summed E-state index contributed by atoms with van der Waals surface area (Å²) in [5, 5.41) is 0. The van der Waals surface area contributed by atoms with Crippen LogP contribution in [0, 0.1) is 0 Å². The first-order valence-electron chi connectivity index (χ1n) is 17.3. The van der Waals surface area contributed by atoms with Crippen LogP contribution in [0.1, 0.15) is 25.0 Å². The molecule has 0 fully saturated rings. The summed E-state index contributed by atoms with van der Waals surface area (Å²) in [6.45, 7) is 4.49. The van der Waals surface area contributed by atoms with Crippen molar-refractivity contribution in [3.8, 4) is 79.6 Å². The van der Waals surface area contributed by atoms with Gasteiger partial charge in [-0.1, -0.05) is 141 Å². The third kappa shape index (κ3) is 5.80. The first-order chi connectivity index (χ1) is 25.5. The van der Waals surface area contributed by atoms with E-state index in [0.29, 0.717) is 23.3 Å². The second-order valence-electron chi connectivity index (χ2n) is 13.4. The van der Waals surface area contributed by atoms with Gasteiger partial charge in [0.15, 0.2) is 23.3 Å². The molecule has 0 radical (unpaired) electrons. The summed E-state index contributed by atoms with van der Waals surface area (Å²) in [6.07, 6.45) is 0. The van der Waals surface area contributed by atoms with Crippen molar-refractivity contribution in [1.29, 1.82) is 0 Å². The summed E-state index contributed by atoms with van der Waals surface area (Å²) in [5.41, 5.74) is 9.22. The van der Waals surface area contributed by atoms with Crippen molar-refractivity contribution in [2.75, 3.05) is 0 Å². The Labute approximate surface area is 302 Å². The highest BCUT2D eigenvalue weighted by Gasteiger charge is 2.34. The van der Waals surface area contributed by atoms with Crippen molar-refractivity contribution in [2.45, 2.75) is 19.3 Å². The van der Waals surface area contributed by atoms with Crippen LogP contribution >= 0.6 is 0 Å². The molecule has 1 aliphatic heterocycles. The minimum atomic E-state index is -0.256. The maximum Gasteiger partial charge on any atom is 0.164 e. The molecule has 3 heterocycles. The number of hydrogen-bond donors (Lipinski definition) is 0. The Morgan fingerprint density at radius 1 is 0.346 bits per heavy atom. The molecule has 0 saturated carbocycles. The normalized spacial score (nSPS) is 12.7. The molecule has 0 atom stereocenters. The minimum Gasteiger partial charge on any atom is -0.457 e. The molecule has 2 aromatic heterocycles. The highest BCUT2D eigenvalue weighted by Crippen LogP contribution is 2.48. The molecule has 6 aromatic carbocycles. The van der Waals surface area contributed by atoms with E-state index in [1.165, 1.54) is 0 Å². The predicted molar refractivity (Wildman–Crippen MR) is 207 cm³/mol. The molecular formula is C46H33N5O. The van der Waals surface area contributed by atoms with Crippen LogP contribution in [0.2, 0.25) is 0 Å². The van der Waals surface area contributed by atoms with Crippen LogP contribution < -0.4 is 4.74 Å². The van der Waals surface area contributed by atoms with Crippen molar-refractivity contribution in [3.05, 3.63) is 175 Å². The molecule has 0 aliphatic carbocycles. The molecule has 52 heavy (non-hydrogen) atoms. The van der Waals surface area contributed by atoms with Gasteiger partial charge in [0.25, 0.3) is 0 Å². The number of benzene rings is 6. The van der Waals surface area contributed by atoms with Crippen LogP contribution in [-0.2, 0) is 5.41 Å². The van der Waals surface area contributed by atoms with Gasteiger partial charge in [-0.05, 0) is 36.4 Å². The van der Waals surface area contributed by atoms with Crippen LogP contribution in [0.5, 0.6) is 11.5 Å². The number of aromatic nitrogens is 5. The van der Waals surface area contributed by atoms with Crippen molar-refractivity contribution in [2.24, 2.45) is 0 Å². The zero-order chi connectivity index (χ0) is 35.1. The average molecular weight is 672 g/mol. The van der Waals surface area contributed by atoms with Gasteiger partial charge in [-0.3, -0.25) is 0 Å². The third-order valence-corrected chi connectivity index (χ3v) is 9.60. The van der Waals surface area contributed by atoms with Crippen LogP contribution in [-0.4, -0.2) is 24.9 Å². The van der Waals surface area contributed by atoms with Crippen LogP contribution in [0.15, 0.2) is 164 Å². The standard InChI is InChI=1S/C46H33N5O/c1-46(2)36-23-12-13-24-40(36)52-41-26-25-33(28-37(41)46)39-29-38(30-15-6-3-7-16-30)47-44(48-39)34-21-14-22-35(27-34)45-50-42(31-17-8-4-9-18-31)49-43(51-45)32-19-10-5-11-20-32/h3-29H,1-2H3. The molecule has 0 N–H and O–H groups in total. The average Bonchev–Trinajstić information content (AvgIpc) is 3.21. The van der Waals surface area contributed by atoms with Crippen molar-refractivity contribution < 1.29 is 4.74 Å². The lowest BCUT2D eigenvalue weighted by molar-refractivity contribution is 0.418. The van der Waals surface area contributed by atoms with E-state index < -0.39 is 0 Å². The first kappa shape index (κ1) is 31.2. The number of hydrogen-bond acceptors (Lipinski definition) is 6. The molecule has 6 nitrogen and oxygen atoms in total. The number of para-hydroxylation sites is 1. The largest absolute Gasteiger partial charge is 0.457 e. The zero-order valence-corrected chi connectivity index (χ0v) is 28.7. The van der Waals surface area contributed by atoms with Gasteiger partial charge in [-0.15, -0.1) is 0 Å². The van der Waals surface area contributed by atoms with Gasteiger partial charge >= 0.3 is 0 Å². The van der Waals surface area contributed by atoms with E-state index in [2.05, 4.69) is 68.4 Å². The van der Waals surface area contributed by atoms with Gasteiger partial charge < -0.3 is 4.74 Å². The molecule has 9 rings (SSSR count). The smallest absolute Gasteiger partial charge is 0.164 e. The summed E-state index contributed by atoms with van der Waals surface area (Å²) < 4.78 is 6.37. The van der Waals surface area contributed by atoms with E-state index in [0.717, 1.165) is 67.4 Å². The Hall–Kier alpha value is -6.79. The maximum absolute atomic E-state index is 6.37. The lowest BCUT2D eigenvalue weighted by Crippen LogP contribution is -2.24. The number of rotatable bonds is 6. The van der Waals surface area contributed by atoms with E-state index in [9.17, 15) is 0 Å². The van der Waals surface area contributed by atoms with Gasteiger partial charge in [0.1, 0.15) is 11.5 Å². The maximum atomic E-state index is 6.37. The minimum absolute atomic E-state index is 0.256. The first-order valence-corrected chi connectivity index (χ1v) is 17.3. The highest BCUT2D eigenvalue weighted by atomic mass is 16.5. The molecule has 0 spiro atoms. The fourth-order valence-electron chi connectivity index (χ4n) is 6.82. The van der Waals surface area contributed by atoms with E-state index >= 15 is 0 Å². The van der Waals surface area contributed by atoms with Gasteiger partial charge in [0, 0.05) is 49.9 Å². The summed E-state index contributed by atoms with van der Waals surface area (Å²) in [6, 6.07) is 55.1. The molecule has 6 heteroatoms. The number of fused-ring (bicyclic) bond motifs is 2. The Morgan fingerprint density at radius 2 is 0.808 bits per heavy atom. The Bertz CT molecular complexity index is 2510. The molecule has 248 valence electrons. The molecular weight excluding hydrogens is 639 g/mol. The Balaban J connectivity index is 1.17. The number of ether oxygens (including phenoxy) is 1. The lowest BCUT2D eigenvalue weighted by atomic mass is 9.75. The SMILES string of the molecule is CC1(C)c2ccccc2Oc2ccc(-c3cc(-c4ccccc4)nc(-c4cccc(-c5nc(-c6ccccc6)nc(-c6ccccc6)n5)c4)n3)cc21. The van der Waals surface area contributed by atoms with Gasteiger partial charge in [-0.2, -0.15) is 0 Å². The Morgan fingerprint density at radius 3 is 1.42 bits per heavy atom. The second-order valence-corrected chi connectivity index (χ2v) is 13.4. The van der Waals surface area contributed by atoms with Gasteiger partial charge in [0.2, 0.25) is 0 Å². The second kappa shape index (κ2) is 12.8. The highest BCUT2D eigenvalue weighted by molar-refractivity contribution is 5.76. The van der Waals surface area contributed by atoms with Crippen LogP contribution in [0.4, 0.5) is 0 Å². The van der Waals surface area contributed by atoms with E-state index in [4.69, 9.17) is 29.7 Å². The molecule has 0 saturated heterocycles. The molecule has 0 bridgehead atoms. The fourth-order valence-corrected chi connectivity index (χ4v) is 6.82. The summed E-state index contributed by atoms with van der Waals surface area (Å²) in [7, 11) is 0. The fraction of sp³-hybridized carbons (Fsp3) is 0.0652. The van der Waals surface area contributed by atoms with Crippen molar-refractivity contribution in [1.82, 2.24) is 24.9 Å². The summed E-state index contributed by atoms with van der Waals surface area (Å²) >= 11 is 0. The predicted octanol–water partition coefficient (Wildman–Crippen LogP) is 11.1. The van der Waals surface area contributed by atoms with E-state index in [1.54, 1.807) is 0 Å². The van der Waals surface area contributed by atoms with E-state index in [1.807, 2.05) is 109 Å². The number of nitrogens with zero attached hydrogens (tertiary/aromatic N) is 5. The van der Waals surface area contributed by atoms with Crippen LogP contribution in [0.3, 0.4) is 0 Å². The third-order valence-electron chi connectivity index (χ3n) is 9.60. The monoisotopic (exact) mass is 671 g/mol. The van der Waals surface area contributed by atoms with Gasteiger partial charge in [0.05, 0.1) is 11.4 Å². The summed E-state index contributed by atoms with van der Waals surface area (Å²) in [5.74, 6) is 4.17. The van der Waals surface area contributed by atoms with Crippen molar-refractivity contribution >= 4 is 0 Å².